The smallest absolute Gasteiger partial charge is 0.306 e. The van der Waals surface area contributed by atoms with Crippen molar-refractivity contribution in [3.63, 3.8) is 0 Å². The molecular formula is C76H132O6. The lowest BCUT2D eigenvalue weighted by Gasteiger charge is -2.18. The number of unbranched alkanes of at least 4 members (excludes halogenated alkanes) is 37. The zero-order chi connectivity index (χ0) is 59.2. The number of allylic oxidation sites excluding steroid dienone is 16. The van der Waals surface area contributed by atoms with Crippen molar-refractivity contribution < 1.29 is 28.6 Å². The maximum Gasteiger partial charge on any atom is 0.306 e. The summed E-state index contributed by atoms with van der Waals surface area (Å²) < 4.78 is 17.0. The van der Waals surface area contributed by atoms with Gasteiger partial charge in [-0.3, -0.25) is 14.4 Å². The minimum Gasteiger partial charge on any atom is -0.462 e. The van der Waals surface area contributed by atoms with Crippen molar-refractivity contribution in [2.75, 3.05) is 13.2 Å². The van der Waals surface area contributed by atoms with Gasteiger partial charge in [0.05, 0.1) is 0 Å². The molecule has 82 heavy (non-hydrogen) atoms. The predicted octanol–water partition coefficient (Wildman–Crippen LogP) is 24.4. The quantitative estimate of drug-likeness (QED) is 0.0261. The van der Waals surface area contributed by atoms with E-state index in [2.05, 4.69) is 118 Å². The summed E-state index contributed by atoms with van der Waals surface area (Å²) in [5.74, 6) is -0.878. The molecule has 0 aromatic carbocycles. The van der Waals surface area contributed by atoms with Gasteiger partial charge in [-0.25, -0.2) is 0 Å². The number of hydrogen-bond donors (Lipinski definition) is 0. The number of carbonyl (C=O) groups is 3. The number of ether oxygens (including phenoxy) is 3. The molecule has 0 aliphatic carbocycles. The average molecular weight is 1140 g/mol. The largest absolute Gasteiger partial charge is 0.462 e. The number of hydrogen-bond acceptors (Lipinski definition) is 6. The normalized spacial score (nSPS) is 12.7. The van der Waals surface area contributed by atoms with E-state index in [9.17, 15) is 14.4 Å². The highest BCUT2D eigenvalue weighted by atomic mass is 16.6. The van der Waals surface area contributed by atoms with Crippen molar-refractivity contribution in [3.8, 4) is 0 Å². The second-order valence-corrected chi connectivity index (χ2v) is 23.4. The summed E-state index contributed by atoms with van der Waals surface area (Å²) in [6, 6.07) is 0. The van der Waals surface area contributed by atoms with Gasteiger partial charge in [-0.2, -0.15) is 0 Å². The summed E-state index contributed by atoms with van der Waals surface area (Å²) in [5.41, 5.74) is 0. The number of rotatable bonds is 64. The lowest BCUT2D eigenvalue weighted by Crippen LogP contribution is -2.30. The standard InChI is InChI=1S/C76H132O6/c1-4-7-10-13-16-19-22-25-28-31-34-35-36-37-38-39-40-41-43-45-48-51-54-57-60-63-66-69-75(78)81-72-73(71-80-74(77)68-65-62-59-56-53-50-47-44-33-30-27-24-21-18-15-12-9-6-3)82-76(79)70-67-64-61-58-55-52-49-46-42-32-29-26-23-20-17-14-11-8-5-2/h7,10,16,19,21,24-25,28,30,33-35,37-38,40-41,73H,4-6,8-9,11-15,17-18,20,22-23,26-27,29,31-32,36,39,42-72H2,1-3H3/b10-7-,19-16-,24-21-,28-25-,33-30-,35-34-,38-37-,41-40-. The first kappa shape index (κ1) is 78.3. The van der Waals surface area contributed by atoms with Crippen molar-refractivity contribution in [2.45, 2.75) is 354 Å². The van der Waals surface area contributed by atoms with Gasteiger partial charge >= 0.3 is 17.9 Å². The van der Waals surface area contributed by atoms with Crippen LogP contribution >= 0.6 is 0 Å². The maximum absolute atomic E-state index is 13.0. The van der Waals surface area contributed by atoms with E-state index in [1.54, 1.807) is 0 Å². The maximum atomic E-state index is 13.0. The van der Waals surface area contributed by atoms with E-state index in [1.807, 2.05) is 0 Å². The van der Waals surface area contributed by atoms with Crippen molar-refractivity contribution in [2.24, 2.45) is 0 Å². The Bertz CT molecular complexity index is 1590. The van der Waals surface area contributed by atoms with Gasteiger partial charge in [0, 0.05) is 19.3 Å². The van der Waals surface area contributed by atoms with E-state index in [4.69, 9.17) is 14.2 Å². The van der Waals surface area contributed by atoms with Crippen LogP contribution in [0.25, 0.3) is 0 Å². The minimum absolute atomic E-state index is 0.0811. The summed E-state index contributed by atoms with van der Waals surface area (Å²) in [7, 11) is 0. The molecule has 0 amide bonds. The lowest BCUT2D eigenvalue weighted by molar-refractivity contribution is -0.167. The summed E-state index contributed by atoms with van der Waals surface area (Å²) >= 11 is 0. The van der Waals surface area contributed by atoms with Crippen LogP contribution in [0.3, 0.4) is 0 Å². The van der Waals surface area contributed by atoms with Gasteiger partial charge < -0.3 is 14.2 Å². The third kappa shape index (κ3) is 67.1. The molecule has 0 radical (unpaired) electrons. The summed E-state index contributed by atoms with van der Waals surface area (Å²) in [6.07, 6.45) is 94.2. The zero-order valence-corrected chi connectivity index (χ0v) is 54.2. The number of carbonyl (C=O) groups excluding carboxylic acids is 3. The van der Waals surface area contributed by atoms with Gasteiger partial charge in [0.25, 0.3) is 0 Å². The minimum atomic E-state index is -0.785. The van der Waals surface area contributed by atoms with E-state index in [1.165, 1.54) is 193 Å². The molecule has 1 unspecified atom stereocenters. The molecule has 1 atom stereocenters. The fraction of sp³-hybridized carbons (Fsp3) is 0.750. The fourth-order valence-electron chi connectivity index (χ4n) is 10.1. The Hall–Kier alpha value is -3.67. The SMILES string of the molecule is CC/C=C\C/C=C\C/C=C\C/C=C\C/C=C\C/C=C\CCCCCCCCCCC(=O)OCC(COC(=O)CCCCCCCCC/C=C\C/C=C\CCCCCC)OC(=O)CCCCCCCCCCCCCCCCCCCCC. The molecule has 0 aromatic rings. The van der Waals surface area contributed by atoms with Crippen molar-refractivity contribution in [1.82, 2.24) is 0 Å². The van der Waals surface area contributed by atoms with Gasteiger partial charge in [-0.15, -0.1) is 0 Å². The molecule has 0 N–H and O–H groups in total. The molecule has 0 aliphatic heterocycles. The fourth-order valence-corrected chi connectivity index (χ4v) is 10.1. The summed E-state index contributed by atoms with van der Waals surface area (Å²) in [5, 5.41) is 0. The molecule has 0 rings (SSSR count). The van der Waals surface area contributed by atoms with E-state index in [0.29, 0.717) is 19.3 Å². The van der Waals surface area contributed by atoms with Crippen LogP contribution in [-0.2, 0) is 28.6 Å². The van der Waals surface area contributed by atoms with Crippen LogP contribution in [0.4, 0.5) is 0 Å². The van der Waals surface area contributed by atoms with Gasteiger partial charge in [-0.1, -0.05) is 323 Å². The Labute approximate surface area is 508 Å². The molecule has 0 aromatic heterocycles. The van der Waals surface area contributed by atoms with Crippen LogP contribution in [-0.4, -0.2) is 37.2 Å². The third-order valence-corrected chi connectivity index (χ3v) is 15.3. The highest BCUT2D eigenvalue weighted by Gasteiger charge is 2.19. The first-order valence-electron chi connectivity index (χ1n) is 35.2. The molecule has 0 fully saturated rings. The average Bonchev–Trinajstić information content (AvgIpc) is 3.47. The van der Waals surface area contributed by atoms with Gasteiger partial charge in [0.15, 0.2) is 6.10 Å². The van der Waals surface area contributed by atoms with Gasteiger partial charge in [0.2, 0.25) is 0 Å². The van der Waals surface area contributed by atoms with Crippen molar-refractivity contribution >= 4 is 17.9 Å². The Kier molecular flexibility index (Phi) is 66.7. The van der Waals surface area contributed by atoms with Crippen LogP contribution < -0.4 is 0 Å². The van der Waals surface area contributed by atoms with E-state index >= 15 is 0 Å². The van der Waals surface area contributed by atoms with Crippen LogP contribution in [0, 0.1) is 0 Å². The second-order valence-electron chi connectivity index (χ2n) is 23.4. The monoisotopic (exact) mass is 1140 g/mol. The molecule has 0 saturated carbocycles. The molecule has 6 heteroatoms. The molecule has 0 bridgehead atoms. The highest BCUT2D eigenvalue weighted by Crippen LogP contribution is 2.17. The highest BCUT2D eigenvalue weighted by molar-refractivity contribution is 5.71. The molecule has 0 saturated heterocycles. The third-order valence-electron chi connectivity index (χ3n) is 15.3. The van der Waals surface area contributed by atoms with Crippen LogP contribution in [0.15, 0.2) is 97.2 Å². The Balaban J connectivity index is 4.37. The molecule has 0 spiro atoms. The summed E-state index contributed by atoms with van der Waals surface area (Å²) in [4.78, 5) is 38.5. The second kappa shape index (κ2) is 69.8. The Morgan fingerprint density at radius 3 is 0.756 bits per heavy atom. The summed E-state index contributed by atoms with van der Waals surface area (Å²) in [6.45, 7) is 6.55. The molecule has 6 nitrogen and oxygen atoms in total. The van der Waals surface area contributed by atoms with E-state index < -0.39 is 6.10 Å². The molecule has 472 valence electrons. The van der Waals surface area contributed by atoms with Crippen LogP contribution in [0.2, 0.25) is 0 Å². The van der Waals surface area contributed by atoms with E-state index in [0.717, 1.165) is 116 Å². The van der Waals surface area contributed by atoms with Crippen molar-refractivity contribution in [1.29, 1.82) is 0 Å². The lowest BCUT2D eigenvalue weighted by atomic mass is 10.0. The zero-order valence-electron chi connectivity index (χ0n) is 54.2. The molecule has 0 aliphatic rings. The predicted molar refractivity (Wildman–Crippen MR) is 357 cm³/mol. The van der Waals surface area contributed by atoms with E-state index in [-0.39, 0.29) is 31.1 Å². The molecular weight excluding hydrogens is 1010 g/mol. The first-order valence-corrected chi connectivity index (χ1v) is 35.2. The topological polar surface area (TPSA) is 78.9 Å². The van der Waals surface area contributed by atoms with Crippen LogP contribution in [0.1, 0.15) is 348 Å². The van der Waals surface area contributed by atoms with Crippen LogP contribution in [0.5, 0.6) is 0 Å². The van der Waals surface area contributed by atoms with Gasteiger partial charge in [-0.05, 0) is 103 Å². The van der Waals surface area contributed by atoms with Gasteiger partial charge in [0.1, 0.15) is 13.2 Å². The van der Waals surface area contributed by atoms with Crippen molar-refractivity contribution in [3.05, 3.63) is 97.2 Å². The Morgan fingerprint density at radius 1 is 0.256 bits per heavy atom. The first-order chi connectivity index (χ1) is 40.5. The Morgan fingerprint density at radius 2 is 0.476 bits per heavy atom. The number of esters is 3. The molecule has 0 heterocycles.